The maximum absolute atomic E-state index is 5.94. The summed E-state index contributed by atoms with van der Waals surface area (Å²) in [6, 6.07) is 12.5. The minimum Gasteiger partial charge on any atom is -0.373 e. The quantitative estimate of drug-likeness (QED) is 0.765. The molecule has 0 saturated heterocycles. The Labute approximate surface area is 113 Å². The van der Waals surface area contributed by atoms with Crippen LogP contribution in [0.2, 0.25) is 0 Å². The normalized spacial score (nSPS) is 10.3. The topological polar surface area (TPSA) is 16.1 Å². The molecule has 18 heavy (non-hydrogen) atoms. The highest BCUT2D eigenvalue weighted by molar-refractivity contribution is 6.17. The smallest absolute Gasteiger partial charge is 0.0595 e. The van der Waals surface area contributed by atoms with Crippen LogP contribution in [0.1, 0.15) is 11.1 Å². The molecule has 2 rings (SSSR count). The van der Waals surface area contributed by atoms with Gasteiger partial charge in [-0.2, -0.15) is 0 Å². The van der Waals surface area contributed by atoms with E-state index in [1.54, 1.807) is 6.20 Å². The second-order valence-corrected chi connectivity index (χ2v) is 4.56. The summed E-state index contributed by atoms with van der Waals surface area (Å²) in [6.45, 7) is 0.958. The van der Waals surface area contributed by atoms with E-state index in [0.717, 1.165) is 24.2 Å². The number of rotatable bonds is 5. The first-order valence-corrected chi connectivity index (χ1v) is 6.58. The number of anilines is 1. The van der Waals surface area contributed by atoms with Crippen molar-refractivity contribution in [3.8, 4) is 0 Å². The molecule has 94 valence electrons. The van der Waals surface area contributed by atoms with E-state index in [-0.39, 0.29) is 0 Å². The zero-order valence-electron chi connectivity index (χ0n) is 10.5. The number of likely N-dealkylation sites (N-methyl/N-ethyl adjacent to an activating group) is 1. The fourth-order valence-corrected chi connectivity index (χ4v) is 2.16. The largest absolute Gasteiger partial charge is 0.373 e. The van der Waals surface area contributed by atoms with Gasteiger partial charge < -0.3 is 4.90 Å². The zero-order valence-corrected chi connectivity index (χ0v) is 11.3. The highest BCUT2D eigenvalue weighted by Gasteiger charge is 2.06. The molecule has 0 unspecified atom stereocenters. The molecule has 1 aromatic heterocycles. The van der Waals surface area contributed by atoms with Gasteiger partial charge in [0, 0.05) is 25.7 Å². The summed E-state index contributed by atoms with van der Waals surface area (Å²) in [7, 11) is 2.08. The fourth-order valence-electron chi connectivity index (χ4n) is 1.93. The number of alkyl halides is 1. The molecule has 0 spiro atoms. The molecule has 1 heterocycles. The fraction of sp³-hybridized carbons (Fsp3) is 0.267. The van der Waals surface area contributed by atoms with E-state index in [0.29, 0.717) is 5.88 Å². The lowest BCUT2D eigenvalue weighted by Gasteiger charge is -2.21. The molecule has 3 heteroatoms. The molecule has 0 saturated carbocycles. The Morgan fingerprint density at radius 2 is 1.94 bits per heavy atom. The molecule has 0 N–H and O–H groups in total. The Morgan fingerprint density at radius 3 is 2.67 bits per heavy atom. The van der Waals surface area contributed by atoms with Crippen LogP contribution in [0.25, 0.3) is 0 Å². The minimum atomic E-state index is 0.521. The number of halogens is 1. The molecule has 0 radical (unpaired) electrons. The first kappa shape index (κ1) is 12.9. The van der Waals surface area contributed by atoms with Crippen LogP contribution in [0.15, 0.2) is 48.8 Å². The van der Waals surface area contributed by atoms with Crippen LogP contribution in [0.5, 0.6) is 0 Å². The van der Waals surface area contributed by atoms with E-state index in [2.05, 4.69) is 41.2 Å². The van der Waals surface area contributed by atoms with Crippen LogP contribution < -0.4 is 4.90 Å². The molecule has 0 bridgehead atoms. The number of pyridine rings is 1. The van der Waals surface area contributed by atoms with Gasteiger partial charge in [-0.15, -0.1) is 11.6 Å². The maximum atomic E-state index is 5.94. The van der Waals surface area contributed by atoms with Crippen molar-refractivity contribution in [3.05, 3.63) is 59.9 Å². The molecule has 2 aromatic rings. The number of benzene rings is 1. The first-order chi connectivity index (χ1) is 8.81. The van der Waals surface area contributed by atoms with E-state index in [9.17, 15) is 0 Å². The molecular formula is C15H17ClN2. The molecule has 0 fully saturated rings. The van der Waals surface area contributed by atoms with Gasteiger partial charge in [-0.3, -0.25) is 4.98 Å². The van der Waals surface area contributed by atoms with Crippen molar-refractivity contribution >= 4 is 17.3 Å². The Hall–Kier alpha value is -1.54. The highest BCUT2D eigenvalue weighted by Crippen LogP contribution is 2.19. The second kappa shape index (κ2) is 6.41. The van der Waals surface area contributed by atoms with Gasteiger partial charge >= 0.3 is 0 Å². The monoisotopic (exact) mass is 260 g/mol. The summed E-state index contributed by atoms with van der Waals surface area (Å²) in [6.07, 6.45) is 4.68. The average molecular weight is 261 g/mol. The summed E-state index contributed by atoms with van der Waals surface area (Å²) in [5, 5.41) is 0. The Morgan fingerprint density at radius 1 is 1.17 bits per heavy atom. The van der Waals surface area contributed by atoms with Crippen molar-refractivity contribution in [2.24, 2.45) is 0 Å². The molecular weight excluding hydrogens is 244 g/mol. The third kappa shape index (κ3) is 3.23. The molecule has 0 amide bonds. The van der Waals surface area contributed by atoms with Crippen LogP contribution in [0, 0.1) is 0 Å². The lowest BCUT2D eigenvalue weighted by molar-refractivity contribution is 0.868. The molecule has 0 aliphatic carbocycles. The lowest BCUT2D eigenvalue weighted by atomic mass is 10.1. The zero-order chi connectivity index (χ0) is 12.8. The van der Waals surface area contributed by atoms with Gasteiger partial charge in [-0.1, -0.05) is 30.3 Å². The van der Waals surface area contributed by atoms with Crippen molar-refractivity contribution in [3.63, 3.8) is 0 Å². The van der Waals surface area contributed by atoms with E-state index < -0.39 is 0 Å². The van der Waals surface area contributed by atoms with Gasteiger partial charge in [0.15, 0.2) is 0 Å². The summed E-state index contributed by atoms with van der Waals surface area (Å²) in [5.41, 5.74) is 3.59. The Bertz CT molecular complexity index is 485. The van der Waals surface area contributed by atoms with Crippen LogP contribution in [0.3, 0.4) is 0 Å². The van der Waals surface area contributed by atoms with Gasteiger partial charge in [0.05, 0.1) is 11.9 Å². The third-order valence-corrected chi connectivity index (χ3v) is 3.31. The standard InChI is InChI=1S/C15H17ClN2/c1-18(10-8-13-5-3-2-4-6-13)15-12-17-9-7-14(15)11-16/h2-7,9,12H,8,10-11H2,1H3. The van der Waals surface area contributed by atoms with Gasteiger partial charge in [-0.05, 0) is 23.6 Å². The number of nitrogens with zero attached hydrogens (tertiary/aromatic N) is 2. The Balaban J connectivity index is 2.01. The van der Waals surface area contributed by atoms with Gasteiger partial charge in [0.25, 0.3) is 0 Å². The molecule has 1 aromatic carbocycles. The molecule has 0 aliphatic heterocycles. The average Bonchev–Trinajstić information content (AvgIpc) is 2.45. The predicted octanol–water partition coefficient (Wildman–Crippen LogP) is 3.50. The van der Waals surface area contributed by atoms with E-state index >= 15 is 0 Å². The molecule has 0 atom stereocenters. The molecule has 2 nitrogen and oxygen atoms in total. The highest BCUT2D eigenvalue weighted by atomic mass is 35.5. The van der Waals surface area contributed by atoms with Crippen molar-refractivity contribution in [2.75, 3.05) is 18.5 Å². The van der Waals surface area contributed by atoms with Crippen molar-refractivity contribution in [1.82, 2.24) is 4.98 Å². The predicted molar refractivity (Wildman–Crippen MR) is 77.2 cm³/mol. The van der Waals surface area contributed by atoms with E-state index in [1.165, 1.54) is 5.56 Å². The van der Waals surface area contributed by atoms with Gasteiger partial charge in [0.1, 0.15) is 0 Å². The van der Waals surface area contributed by atoms with Crippen LogP contribution >= 0.6 is 11.6 Å². The third-order valence-electron chi connectivity index (χ3n) is 3.02. The SMILES string of the molecule is CN(CCc1ccccc1)c1cnccc1CCl. The number of hydrogen-bond donors (Lipinski definition) is 0. The van der Waals surface area contributed by atoms with Gasteiger partial charge in [0.2, 0.25) is 0 Å². The first-order valence-electron chi connectivity index (χ1n) is 6.05. The van der Waals surface area contributed by atoms with Crippen molar-refractivity contribution in [2.45, 2.75) is 12.3 Å². The number of aromatic nitrogens is 1. The van der Waals surface area contributed by atoms with E-state index in [4.69, 9.17) is 11.6 Å². The Kier molecular flexibility index (Phi) is 4.59. The van der Waals surface area contributed by atoms with Crippen molar-refractivity contribution < 1.29 is 0 Å². The van der Waals surface area contributed by atoms with Crippen molar-refractivity contribution in [1.29, 1.82) is 0 Å². The summed E-state index contributed by atoms with van der Waals surface area (Å²) >= 11 is 5.94. The summed E-state index contributed by atoms with van der Waals surface area (Å²) in [5.74, 6) is 0.521. The summed E-state index contributed by atoms with van der Waals surface area (Å²) < 4.78 is 0. The maximum Gasteiger partial charge on any atom is 0.0595 e. The number of hydrogen-bond acceptors (Lipinski definition) is 2. The van der Waals surface area contributed by atoms with Crippen LogP contribution in [0.4, 0.5) is 5.69 Å². The van der Waals surface area contributed by atoms with Crippen LogP contribution in [-0.4, -0.2) is 18.6 Å². The van der Waals surface area contributed by atoms with E-state index in [1.807, 2.05) is 18.3 Å². The van der Waals surface area contributed by atoms with Crippen LogP contribution in [-0.2, 0) is 12.3 Å². The minimum absolute atomic E-state index is 0.521. The summed E-state index contributed by atoms with van der Waals surface area (Å²) in [4.78, 5) is 6.38. The second-order valence-electron chi connectivity index (χ2n) is 4.30. The van der Waals surface area contributed by atoms with Gasteiger partial charge in [-0.25, -0.2) is 0 Å². The molecule has 0 aliphatic rings. The lowest BCUT2D eigenvalue weighted by Crippen LogP contribution is -2.21.